The molecule has 2 aromatic carbocycles. The minimum absolute atomic E-state index is 0.0358. The third kappa shape index (κ3) is 4.38. The Balaban J connectivity index is 1.51. The van der Waals surface area contributed by atoms with Gasteiger partial charge in [-0.25, -0.2) is 0 Å². The molecule has 0 unspecified atom stereocenters. The first-order valence-corrected chi connectivity index (χ1v) is 12.6. The average Bonchev–Trinajstić information content (AvgIpc) is 2.98. The van der Waals surface area contributed by atoms with Crippen LogP contribution >= 0.6 is 0 Å². The molecule has 0 spiro atoms. The van der Waals surface area contributed by atoms with Gasteiger partial charge >= 0.3 is 0 Å². The number of fused-ring (bicyclic) bond motifs is 1. The van der Waals surface area contributed by atoms with E-state index in [0.717, 1.165) is 17.0 Å². The molecule has 2 atom stereocenters. The van der Waals surface area contributed by atoms with Crippen molar-refractivity contribution >= 4 is 17.5 Å². The molecule has 0 aliphatic carbocycles. The molecule has 1 aromatic heterocycles. The van der Waals surface area contributed by atoms with Crippen molar-refractivity contribution in [2.75, 3.05) is 59.5 Å². The number of hydrogen-bond acceptors (Lipinski definition) is 7. The second-order valence-corrected chi connectivity index (χ2v) is 9.40. The maximum atomic E-state index is 14.3. The van der Waals surface area contributed by atoms with Crippen molar-refractivity contribution in [3.63, 3.8) is 0 Å². The van der Waals surface area contributed by atoms with Crippen LogP contribution in [0.2, 0.25) is 0 Å². The van der Waals surface area contributed by atoms with Gasteiger partial charge in [-0.3, -0.25) is 14.6 Å². The van der Waals surface area contributed by atoms with E-state index in [1.54, 1.807) is 50.7 Å². The van der Waals surface area contributed by atoms with E-state index in [2.05, 4.69) is 9.88 Å². The number of aromatic nitrogens is 1. The smallest absolute Gasteiger partial charge is 0.254 e. The molecule has 9 heteroatoms. The highest BCUT2D eigenvalue weighted by Crippen LogP contribution is 2.46. The summed E-state index contributed by atoms with van der Waals surface area (Å²) in [5.74, 6) is 0.892. The molecular weight excluding hydrogens is 484 g/mol. The number of anilines is 1. The standard InChI is InChI=1S/C29H32N4O5/c1-31-27(19-8-7-11-30-18-19)26(20-16-24(37-3)25(38-4)17-21(20)28(31)34)29(35)33-14-12-32(13-15-33)22-9-5-6-10-23(22)36-2/h5-11,16-18,26-27H,12-15H2,1-4H3/t26-,27-/m1/s1. The molecule has 198 valence electrons. The van der Waals surface area contributed by atoms with Crippen molar-refractivity contribution in [3.8, 4) is 17.2 Å². The zero-order valence-corrected chi connectivity index (χ0v) is 22.1. The fourth-order valence-corrected chi connectivity index (χ4v) is 5.54. The Hall–Kier alpha value is -4.27. The Morgan fingerprint density at radius 1 is 0.895 bits per heavy atom. The van der Waals surface area contributed by atoms with Gasteiger partial charge in [0.1, 0.15) is 5.75 Å². The number of ether oxygens (including phenoxy) is 3. The molecule has 38 heavy (non-hydrogen) atoms. The first-order chi connectivity index (χ1) is 18.5. The number of likely N-dealkylation sites (N-methyl/N-ethyl adjacent to an activating group) is 1. The van der Waals surface area contributed by atoms with Gasteiger partial charge in [-0.05, 0) is 41.5 Å². The third-order valence-electron chi connectivity index (χ3n) is 7.48. The molecule has 1 saturated heterocycles. The summed E-state index contributed by atoms with van der Waals surface area (Å²) >= 11 is 0. The Bertz CT molecular complexity index is 1320. The van der Waals surface area contributed by atoms with Crippen LogP contribution in [0.5, 0.6) is 17.2 Å². The first-order valence-electron chi connectivity index (χ1n) is 12.6. The fourth-order valence-electron chi connectivity index (χ4n) is 5.54. The van der Waals surface area contributed by atoms with E-state index in [9.17, 15) is 9.59 Å². The molecular formula is C29H32N4O5. The largest absolute Gasteiger partial charge is 0.495 e. The number of amides is 2. The van der Waals surface area contributed by atoms with Crippen LogP contribution in [0.3, 0.4) is 0 Å². The van der Waals surface area contributed by atoms with Crippen molar-refractivity contribution in [2.45, 2.75) is 12.0 Å². The number of carbonyl (C=O) groups is 2. The first kappa shape index (κ1) is 25.4. The molecule has 2 amide bonds. The lowest BCUT2D eigenvalue weighted by Crippen LogP contribution is -2.53. The number of pyridine rings is 1. The number of hydrogen-bond donors (Lipinski definition) is 0. The van der Waals surface area contributed by atoms with Crippen LogP contribution in [0.4, 0.5) is 5.69 Å². The molecule has 3 heterocycles. The Kier molecular flexibility index (Phi) is 7.09. The van der Waals surface area contributed by atoms with Crippen LogP contribution in [0.25, 0.3) is 0 Å². The van der Waals surface area contributed by atoms with Gasteiger partial charge in [0.2, 0.25) is 5.91 Å². The van der Waals surface area contributed by atoms with Gasteiger partial charge in [-0.1, -0.05) is 18.2 Å². The summed E-state index contributed by atoms with van der Waals surface area (Å²) in [6.07, 6.45) is 3.41. The van der Waals surface area contributed by atoms with Crippen molar-refractivity contribution < 1.29 is 23.8 Å². The summed E-state index contributed by atoms with van der Waals surface area (Å²) in [7, 11) is 6.48. The monoisotopic (exact) mass is 516 g/mol. The molecule has 0 radical (unpaired) electrons. The van der Waals surface area contributed by atoms with Crippen molar-refractivity contribution in [1.82, 2.24) is 14.8 Å². The van der Waals surface area contributed by atoms with Gasteiger partial charge in [0.05, 0.1) is 39.0 Å². The molecule has 5 rings (SSSR count). The van der Waals surface area contributed by atoms with Crippen molar-refractivity contribution in [3.05, 3.63) is 77.6 Å². The lowest BCUT2D eigenvalue weighted by Gasteiger charge is -2.43. The van der Waals surface area contributed by atoms with Crippen LogP contribution < -0.4 is 19.1 Å². The van der Waals surface area contributed by atoms with Gasteiger partial charge in [0.15, 0.2) is 11.5 Å². The molecule has 2 aliphatic rings. The predicted octanol–water partition coefficient (Wildman–Crippen LogP) is 3.37. The van der Waals surface area contributed by atoms with Gasteiger partial charge < -0.3 is 28.9 Å². The Labute approximate surface area is 222 Å². The van der Waals surface area contributed by atoms with Crippen molar-refractivity contribution in [2.24, 2.45) is 0 Å². The zero-order chi connectivity index (χ0) is 26.8. The van der Waals surface area contributed by atoms with E-state index in [1.165, 1.54) is 7.11 Å². The van der Waals surface area contributed by atoms with E-state index in [0.29, 0.717) is 48.8 Å². The van der Waals surface area contributed by atoms with Gasteiger partial charge in [-0.15, -0.1) is 0 Å². The van der Waals surface area contributed by atoms with Crippen LogP contribution in [-0.2, 0) is 4.79 Å². The van der Waals surface area contributed by atoms with E-state index in [4.69, 9.17) is 14.2 Å². The maximum absolute atomic E-state index is 14.3. The molecule has 0 saturated carbocycles. The fraction of sp³-hybridized carbons (Fsp3) is 0.345. The van der Waals surface area contributed by atoms with E-state index in [1.807, 2.05) is 41.3 Å². The summed E-state index contributed by atoms with van der Waals surface area (Å²) in [4.78, 5) is 37.9. The molecule has 3 aromatic rings. The topological polar surface area (TPSA) is 84.4 Å². The number of piperazine rings is 1. The minimum Gasteiger partial charge on any atom is -0.495 e. The highest BCUT2D eigenvalue weighted by atomic mass is 16.5. The van der Waals surface area contributed by atoms with E-state index >= 15 is 0 Å². The van der Waals surface area contributed by atoms with Gasteiger partial charge in [-0.2, -0.15) is 0 Å². The van der Waals surface area contributed by atoms with Crippen LogP contribution in [0, 0.1) is 0 Å². The lowest BCUT2D eigenvalue weighted by atomic mass is 9.79. The predicted molar refractivity (Wildman–Crippen MR) is 143 cm³/mol. The second kappa shape index (κ2) is 10.6. The Morgan fingerprint density at radius 2 is 1.58 bits per heavy atom. The summed E-state index contributed by atoms with van der Waals surface area (Å²) in [6, 6.07) is 14.6. The second-order valence-electron chi connectivity index (χ2n) is 9.40. The number of rotatable bonds is 6. The van der Waals surface area contributed by atoms with Gasteiger partial charge in [0.25, 0.3) is 5.91 Å². The van der Waals surface area contributed by atoms with Crippen LogP contribution in [0.15, 0.2) is 60.9 Å². The van der Waals surface area contributed by atoms with E-state index < -0.39 is 12.0 Å². The molecule has 0 N–H and O–H groups in total. The highest BCUT2D eigenvalue weighted by molar-refractivity contribution is 6.02. The normalized spacial score (nSPS) is 19.2. The number of para-hydroxylation sites is 2. The average molecular weight is 517 g/mol. The zero-order valence-electron chi connectivity index (χ0n) is 22.1. The lowest BCUT2D eigenvalue weighted by molar-refractivity contribution is -0.134. The van der Waals surface area contributed by atoms with Crippen molar-refractivity contribution in [1.29, 1.82) is 0 Å². The number of benzene rings is 2. The van der Waals surface area contributed by atoms with Crippen LogP contribution in [0.1, 0.15) is 33.4 Å². The Morgan fingerprint density at radius 3 is 2.24 bits per heavy atom. The molecule has 0 bridgehead atoms. The number of nitrogens with zero attached hydrogens (tertiary/aromatic N) is 4. The van der Waals surface area contributed by atoms with Gasteiger partial charge in [0, 0.05) is 51.2 Å². The van der Waals surface area contributed by atoms with Crippen LogP contribution in [-0.4, -0.2) is 81.2 Å². The number of carbonyl (C=O) groups excluding carboxylic acids is 2. The molecule has 1 fully saturated rings. The SMILES string of the molecule is COc1cc2c(cc1OC)[C@@H](C(=O)N1CCN(c3ccccc3OC)CC1)[C@@H](c1cccnc1)N(C)C2=O. The molecule has 2 aliphatic heterocycles. The minimum atomic E-state index is -0.630. The molecule has 9 nitrogen and oxygen atoms in total. The summed E-state index contributed by atoms with van der Waals surface area (Å²) in [6.45, 7) is 2.44. The quantitative estimate of drug-likeness (QED) is 0.497. The van der Waals surface area contributed by atoms with E-state index in [-0.39, 0.29) is 11.8 Å². The maximum Gasteiger partial charge on any atom is 0.254 e. The number of methoxy groups -OCH3 is 3. The summed E-state index contributed by atoms with van der Waals surface area (Å²) in [5.41, 5.74) is 2.89. The summed E-state index contributed by atoms with van der Waals surface area (Å²) in [5, 5.41) is 0. The third-order valence-corrected chi connectivity index (χ3v) is 7.48. The highest BCUT2D eigenvalue weighted by Gasteiger charge is 2.45. The summed E-state index contributed by atoms with van der Waals surface area (Å²) < 4.78 is 16.6.